The van der Waals surface area contributed by atoms with Gasteiger partial charge in [-0.15, -0.1) is 0 Å². The maximum absolute atomic E-state index is 10.2. The largest absolute Gasteiger partial charge is 0.478 e. The Morgan fingerprint density at radius 2 is 2.00 bits per heavy atom. The molecule has 0 heterocycles. The molecule has 1 aromatic carbocycles. The summed E-state index contributed by atoms with van der Waals surface area (Å²) in [6, 6.07) is 5.10. The van der Waals surface area contributed by atoms with E-state index in [0.717, 1.165) is 11.6 Å². The number of carbonyl (C=O) groups is 1. The molecule has 1 rings (SSSR count). The predicted octanol–water partition coefficient (Wildman–Crippen LogP) is 3.65. The summed E-state index contributed by atoms with van der Waals surface area (Å²) in [7, 11) is 0. The third kappa shape index (κ3) is 4.19. The Morgan fingerprint density at radius 3 is 2.60 bits per heavy atom. The van der Waals surface area contributed by atoms with Gasteiger partial charge in [-0.2, -0.15) is 0 Å². The number of hydrogen-bond donors (Lipinski definition) is 1. The minimum Gasteiger partial charge on any atom is -0.478 e. The average Bonchev–Trinajstić information content (AvgIpc) is 2.14. The fourth-order valence-corrected chi connectivity index (χ4v) is 1.41. The summed E-state index contributed by atoms with van der Waals surface area (Å²) in [5.41, 5.74) is 0.788. The van der Waals surface area contributed by atoms with Crippen molar-refractivity contribution in [3.05, 3.63) is 52.0 Å². The van der Waals surface area contributed by atoms with Crippen LogP contribution in [0.4, 0.5) is 0 Å². The standard InChI is InChI=1S/C11H8Cl2O2/c12-9-6-5-8(10(13)7-9)3-1-2-4-11(14)15/h1-7H,(H,14,15). The van der Waals surface area contributed by atoms with Crippen LogP contribution in [-0.4, -0.2) is 11.1 Å². The summed E-state index contributed by atoms with van der Waals surface area (Å²) in [5.74, 6) is -0.984. The summed E-state index contributed by atoms with van der Waals surface area (Å²) >= 11 is 11.6. The van der Waals surface area contributed by atoms with Crippen LogP contribution in [0, 0.1) is 0 Å². The molecule has 78 valence electrons. The third-order valence-electron chi connectivity index (χ3n) is 1.59. The molecule has 15 heavy (non-hydrogen) atoms. The van der Waals surface area contributed by atoms with Crippen LogP contribution in [0.5, 0.6) is 0 Å². The highest BCUT2D eigenvalue weighted by Gasteiger charge is 1.96. The van der Waals surface area contributed by atoms with Gasteiger partial charge in [0.05, 0.1) is 0 Å². The Kier molecular flexibility index (Phi) is 4.40. The van der Waals surface area contributed by atoms with Gasteiger partial charge in [0, 0.05) is 16.1 Å². The van der Waals surface area contributed by atoms with E-state index in [1.807, 2.05) is 0 Å². The van der Waals surface area contributed by atoms with Crippen LogP contribution in [0.2, 0.25) is 10.0 Å². The van der Waals surface area contributed by atoms with Crippen molar-refractivity contribution in [2.45, 2.75) is 0 Å². The van der Waals surface area contributed by atoms with E-state index in [-0.39, 0.29) is 0 Å². The zero-order chi connectivity index (χ0) is 11.3. The van der Waals surface area contributed by atoms with Crippen LogP contribution in [0.3, 0.4) is 0 Å². The molecule has 1 N–H and O–H groups in total. The lowest BCUT2D eigenvalue weighted by atomic mass is 10.2. The van der Waals surface area contributed by atoms with Crippen LogP contribution in [0.1, 0.15) is 5.56 Å². The van der Waals surface area contributed by atoms with E-state index in [2.05, 4.69) is 0 Å². The summed E-state index contributed by atoms with van der Waals surface area (Å²) in [6.45, 7) is 0. The van der Waals surface area contributed by atoms with E-state index >= 15 is 0 Å². The molecule has 0 unspecified atom stereocenters. The molecule has 0 aliphatic heterocycles. The average molecular weight is 243 g/mol. The molecule has 0 spiro atoms. The second-order valence-corrected chi connectivity index (χ2v) is 3.57. The van der Waals surface area contributed by atoms with E-state index in [1.54, 1.807) is 30.4 Å². The first-order chi connectivity index (χ1) is 7.09. The second-order valence-electron chi connectivity index (χ2n) is 2.72. The SMILES string of the molecule is O=C(O)C=CC=Cc1ccc(Cl)cc1Cl. The van der Waals surface area contributed by atoms with Gasteiger partial charge in [-0.1, -0.05) is 47.5 Å². The monoisotopic (exact) mass is 242 g/mol. The van der Waals surface area contributed by atoms with Gasteiger partial charge < -0.3 is 5.11 Å². The first-order valence-electron chi connectivity index (χ1n) is 4.12. The van der Waals surface area contributed by atoms with Crippen LogP contribution < -0.4 is 0 Å². The predicted molar refractivity (Wildman–Crippen MR) is 62.3 cm³/mol. The van der Waals surface area contributed by atoms with Crippen LogP contribution >= 0.6 is 23.2 Å². The van der Waals surface area contributed by atoms with Crippen molar-refractivity contribution in [3.8, 4) is 0 Å². The van der Waals surface area contributed by atoms with Gasteiger partial charge >= 0.3 is 5.97 Å². The fourth-order valence-electron chi connectivity index (χ4n) is 0.934. The van der Waals surface area contributed by atoms with Gasteiger partial charge in [0.1, 0.15) is 0 Å². The Bertz CT molecular complexity index is 423. The molecule has 4 heteroatoms. The molecule has 0 radical (unpaired) electrons. The number of hydrogen-bond acceptors (Lipinski definition) is 1. The third-order valence-corrected chi connectivity index (χ3v) is 2.15. The molecule has 1 aromatic rings. The van der Waals surface area contributed by atoms with Gasteiger partial charge in [-0.05, 0) is 17.7 Å². The number of rotatable bonds is 3. The lowest BCUT2D eigenvalue weighted by Crippen LogP contribution is -1.84. The number of allylic oxidation sites excluding steroid dienone is 2. The molecule has 2 nitrogen and oxygen atoms in total. The minimum atomic E-state index is -0.984. The summed E-state index contributed by atoms with van der Waals surface area (Å²) in [4.78, 5) is 10.2. The number of aliphatic carboxylic acids is 1. The molecule has 0 fully saturated rings. The molecule has 0 bridgehead atoms. The van der Waals surface area contributed by atoms with Crippen molar-refractivity contribution in [1.82, 2.24) is 0 Å². The highest BCUT2D eigenvalue weighted by molar-refractivity contribution is 6.35. The van der Waals surface area contributed by atoms with Crippen LogP contribution in [-0.2, 0) is 4.79 Å². The first-order valence-corrected chi connectivity index (χ1v) is 4.88. The van der Waals surface area contributed by atoms with E-state index in [4.69, 9.17) is 28.3 Å². The molecule has 0 saturated carbocycles. The van der Waals surface area contributed by atoms with E-state index < -0.39 is 5.97 Å². The summed E-state index contributed by atoms with van der Waals surface area (Å²) in [5, 5.41) is 9.44. The first kappa shape index (κ1) is 11.8. The topological polar surface area (TPSA) is 37.3 Å². The quantitative estimate of drug-likeness (QED) is 0.649. The minimum absolute atomic E-state index is 0.530. The van der Waals surface area contributed by atoms with Crippen molar-refractivity contribution in [3.63, 3.8) is 0 Å². The number of halogens is 2. The maximum Gasteiger partial charge on any atom is 0.328 e. The molecular weight excluding hydrogens is 235 g/mol. The summed E-state index contributed by atoms with van der Waals surface area (Å²) < 4.78 is 0. The number of carboxylic acid groups (broad SMARTS) is 1. The Labute approximate surface area is 97.4 Å². The van der Waals surface area contributed by atoms with E-state index in [9.17, 15) is 4.79 Å². The van der Waals surface area contributed by atoms with Gasteiger partial charge in [0.2, 0.25) is 0 Å². The highest BCUT2D eigenvalue weighted by atomic mass is 35.5. The van der Waals surface area contributed by atoms with Crippen LogP contribution in [0.25, 0.3) is 6.08 Å². The maximum atomic E-state index is 10.2. The number of carboxylic acids is 1. The molecule has 0 atom stereocenters. The van der Waals surface area contributed by atoms with Crippen molar-refractivity contribution < 1.29 is 9.90 Å². The van der Waals surface area contributed by atoms with Crippen LogP contribution in [0.15, 0.2) is 36.4 Å². The molecule has 0 amide bonds. The van der Waals surface area contributed by atoms with Gasteiger partial charge in [-0.25, -0.2) is 4.79 Å². The Morgan fingerprint density at radius 1 is 1.27 bits per heavy atom. The molecule has 0 aromatic heterocycles. The van der Waals surface area contributed by atoms with Crippen molar-refractivity contribution in [2.75, 3.05) is 0 Å². The second kappa shape index (κ2) is 5.59. The normalized spacial score (nSPS) is 11.3. The molecular formula is C11H8Cl2O2. The lowest BCUT2D eigenvalue weighted by Gasteiger charge is -1.97. The molecule has 0 aliphatic carbocycles. The Hall–Kier alpha value is -1.25. The highest BCUT2D eigenvalue weighted by Crippen LogP contribution is 2.21. The smallest absolute Gasteiger partial charge is 0.328 e. The summed E-state index contributed by atoms with van der Waals surface area (Å²) in [6.07, 6.45) is 5.77. The lowest BCUT2D eigenvalue weighted by molar-refractivity contribution is -0.131. The zero-order valence-electron chi connectivity index (χ0n) is 7.65. The van der Waals surface area contributed by atoms with Gasteiger partial charge in [0.15, 0.2) is 0 Å². The van der Waals surface area contributed by atoms with Crippen molar-refractivity contribution in [1.29, 1.82) is 0 Å². The fraction of sp³-hybridized carbons (Fsp3) is 0. The Balaban J connectivity index is 2.77. The van der Waals surface area contributed by atoms with Crippen molar-refractivity contribution in [2.24, 2.45) is 0 Å². The van der Waals surface area contributed by atoms with Crippen molar-refractivity contribution >= 4 is 35.2 Å². The van der Waals surface area contributed by atoms with Gasteiger partial charge in [-0.3, -0.25) is 0 Å². The van der Waals surface area contributed by atoms with E-state index in [1.165, 1.54) is 6.08 Å². The molecule has 0 aliphatic rings. The van der Waals surface area contributed by atoms with E-state index in [0.29, 0.717) is 10.0 Å². The number of benzene rings is 1. The molecule has 0 saturated heterocycles. The zero-order valence-corrected chi connectivity index (χ0v) is 9.16. The van der Waals surface area contributed by atoms with Gasteiger partial charge in [0.25, 0.3) is 0 Å².